The maximum atomic E-state index is 6.87. The molecule has 0 aromatic heterocycles. The van der Waals surface area contributed by atoms with Gasteiger partial charge in [0, 0.05) is 4.11 Å². The van der Waals surface area contributed by atoms with E-state index in [2.05, 4.69) is 22.0 Å². The molecule has 30 valence electrons. The third kappa shape index (κ3) is 5.95. The number of hydrogen-bond donors (Lipinski definition) is 0. The number of rotatable bonds is 1. The monoisotopic (exact) mass is 318 g/mol. The van der Waals surface area contributed by atoms with E-state index in [0.29, 0.717) is 6.10 Å². The van der Waals surface area contributed by atoms with Crippen LogP contribution in [0.15, 0.2) is 0 Å². The van der Waals surface area contributed by atoms with E-state index in [1.165, 1.54) is 0 Å². The van der Waals surface area contributed by atoms with Gasteiger partial charge in [0.1, 0.15) is 0 Å². The molecule has 0 saturated heterocycles. The van der Waals surface area contributed by atoms with Crippen LogP contribution in [-0.4, -0.2) is 4.29 Å². The zero-order valence-corrected chi connectivity index (χ0v) is 7.65. The first-order valence-electron chi connectivity index (χ1n) is 2.48. The average Bonchev–Trinajstić information content (AvgIpc) is 1.62. The lowest BCUT2D eigenvalue weighted by molar-refractivity contribution is 2.37. The van der Waals surface area contributed by atoms with Crippen molar-refractivity contribution in [1.82, 2.24) is 0 Å². The summed E-state index contributed by atoms with van der Waals surface area (Å²) in [5.74, 6) is 0. The SMILES string of the molecule is [3H]C([3H])([3H])B(I)PI. The molecule has 0 spiro atoms. The molecule has 0 aliphatic carbocycles. The third-order valence-corrected chi connectivity index (χ3v) is 6.67. The van der Waals surface area contributed by atoms with Gasteiger partial charge in [0.2, 0.25) is 4.29 Å². The van der Waals surface area contributed by atoms with Gasteiger partial charge in [0.25, 0.3) is 0 Å². The first-order chi connectivity index (χ1) is 3.48. The first kappa shape index (κ1) is 3.08. The van der Waals surface area contributed by atoms with Crippen LogP contribution in [-0.2, 0) is 0 Å². The predicted octanol–water partition coefficient (Wildman–Crippen LogP) is 2.57. The summed E-state index contributed by atoms with van der Waals surface area (Å²) in [5, 5.41) is 0. The maximum Gasteiger partial charge on any atom is 0.250 e. The van der Waals surface area contributed by atoms with Crippen molar-refractivity contribution in [2.75, 3.05) is 0 Å². The summed E-state index contributed by atoms with van der Waals surface area (Å²) >= 11 is 4.05. The molecular weight excluding hydrogens is 308 g/mol. The summed E-state index contributed by atoms with van der Waals surface area (Å²) in [7, 11) is 0. The van der Waals surface area contributed by atoms with Crippen molar-refractivity contribution in [3.63, 3.8) is 0 Å². The summed E-state index contributed by atoms with van der Waals surface area (Å²) in [4.78, 5) is 0. The van der Waals surface area contributed by atoms with E-state index < -0.39 is 6.75 Å². The zero-order valence-electron chi connectivity index (χ0n) is 5.33. The molecule has 0 aliphatic rings. The van der Waals surface area contributed by atoms with Gasteiger partial charge in [-0.15, -0.1) is 22.4 Å². The minimum atomic E-state index is -1.75. The average molecular weight is 318 g/mol. The third-order valence-electron chi connectivity index (χ3n) is 0.0958. The second-order valence-corrected chi connectivity index (χ2v) is 5.56. The van der Waals surface area contributed by atoms with Crippen LogP contribution in [0.5, 0.6) is 0 Å². The highest BCUT2D eigenvalue weighted by Crippen LogP contribution is 2.27. The molecule has 4 heteroatoms. The molecule has 0 fully saturated rings. The van der Waals surface area contributed by atoms with Gasteiger partial charge in [-0.2, -0.15) is 0 Å². The smallest absolute Gasteiger partial charge is 0.142 e. The van der Waals surface area contributed by atoms with Gasteiger partial charge in [-0.25, -0.2) is 0 Å². The van der Waals surface area contributed by atoms with E-state index in [9.17, 15) is 0 Å². The second kappa shape index (κ2) is 4.12. The van der Waals surface area contributed by atoms with Crippen molar-refractivity contribution < 1.29 is 4.11 Å². The zero-order chi connectivity index (χ0) is 6.78. The van der Waals surface area contributed by atoms with Gasteiger partial charge in [0.05, 0.1) is 0 Å². The van der Waals surface area contributed by atoms with Crippen molar-refractivity contribution in [1.29, 1.82) is 0 Å². The number of hydrogen-bond acceptors (Lipinski definition) is 0. The maximum absolute atomic E-state index is 6.87. The molecule has 0 N–H and O–H groups in total. The summed E-state index contributed by atoms with van der Waals surface area (Å²) in [6.07, 6.45) is 0.477. The van der Waals surface area contributed by atoms with E-state index >= 15 is 0 Å². The minimum absolute atomic E-state index is 0.166. The van der Waals surface area contributed by atoms with Crippen LogP contribution in [0.1, 0.15) is 4.11 Å². The van der Waals surface area contributed by atoms with Crippen molar-refractivity contribution >= 4 is 54.8 Å². The van der Waals surface area contributed by atoms with Crippen LogP contribution in [0, 0.1) is 0 Å². The van der Waals surface area contributed by atoms with Crippen molar-refractivity contribution in [2.45, 2.75) is 6.75 Å². The number of halogens is 2. The molecule has 1 unspecified atom stereocenters. The fourth-order valence-electron chi connectivity index (χ4n) is 0. The van der Waals surface area contributed by atoms with Gasteiger partial charge in [-0.05, 0) is 0 Å². The van der Waals surface area contributed by atoms with Crippen LogP contribution in [0.4, 0.5) is 0 Å². The van der Waals surface area contributed by atoms with Crippen LogP contribution in [0.25, 0.3) is 0 Å². The van der Waals surface area contributed by atoms with Gasteiger partial charge in [-0.3, -0.25) is 0 Å². The lowest BCUT2D eigenvalue weighted by Crippen LogP contribution is -1.73. The van der Waals surface area contributed by atoms with Crippen LogP contribution < -0.4 is 0 Å². The summed E-state index contributed by atoms with van der Waals surface area (Å²) in [6, 6.07) is 0. The Balaban J connectivity index is 3.62. The fourth-order valence-corrected chi connectivity index (χ4v) is 0. The van der Waals surface area contributed by atoms with Crippen molar-refractivity contribution in [2.24, 2.45) is 0 Å². The molecule has 0 radical (unpaired) electrons. The Morgan fingerprint density at radius 2 is 2.80 bits per heavy atom. The standard InChI is InChI=1S/CH4BI2P/c1-2(3)5-4/h5H,1H3/i1T3. The molecule has 5 heavy (non-hydrogen) atoms. The van der Waals surface area contributed by atoms with Crippen LogP contribution in [0.2, 0.25) is 6.75 Å². The van der Waals surface area contributed by atoms with Gasteiger partial charge in [-0.1, -0.05) is 34.9 Å². The second-order valence-electron chi connectivity index (χ2n) is 0.472. The van der Waals surface area contributed by atoms with E-state index in [1.54, 1.807) is 0 Å². The topological polar surface area (TPSA) is 0 Å². The fraction of sp³-hybridized carbons (Fsp3) is 1.00. The summed E-state index contributed by atoms with van der Waals surface area (Å²) < 4.78 is 20.4. The van der Waals surface area contributed by atoms with Crippen molar-refractivity contribution in [3.05, 3.63) is 0 Å². The van der Waals surface area contributed by atoms with E-state index in [1.807, 2.05) is 22.4 Å². The Bertz CT molecular complexity index is 74.2. The van der Waals surface area contributed by atoms with Crippen LogP contribution >= 0.6 is 50.5 Å². The van der Waals surface area contributed by atoms with Crippen molar-refractivity contribution in [3.8, 4) is 0 Å². The Morgan fingerprint density at radius 1 is 2.20 bits per heavy atom. The molecule has 0 aliphatic heterocycles. The lowest BCUT2D eigenvalue weighted by atomic mass is 10.2. The molecule has 0 aromatic carbocycles. The molecule has 0 heterocycles. The molecular formula is CH4BI2P. The highest BCUT2D eigenvalue weighted by atomic mass is 127. The van der Waals surface area contributed by atoms with E-state index in [4.69, 9.17) is 4.11 Å². The molecule has 0 saturated carbocycles. The Kier molecular flexibility index (Phi) is 2.54. The molecule has 1 atom stereocenters. The molecule has 0 aromatic rings. The molecule has 0 rings (SSSR count). The Hall–Kier alpha value is 1.95. The van der Waals surface area contributed by atoms with Crippen LogP contribution in [0.3, 0.4) is 0 Å². The Morgan fingerprint density at radius 3 is 2.80 bits per heavy atom. The van der Waals surface area contributed by atoms with Gasteiger partial charge >= 0.3 is 0 Å². The minimum Gasteiger partial charge on any atom is -0.142 e. The highest BCUT2D eigenvalue weighted by Gasteiger charge is 1.91. The molecule has 0 amide bonds. The van der Waals surface area contributed by atoms with Gasteiger partial charge < -0.3 is 0 Å². The Labute approximate surface area is 65.3 Å². The molecule has 0 nitrogen and oxygen atoms in total. The summed E-state index contributed by atoms with van der Waals surface area (Å²) in [6.45, 7) is -1.75. The largest absolute Gasteiger partial charge is 0.250 e. The molecule has 0 bridgehead atoms. The van der Waals surface area contributed by atoms with Gasteiger partial charge in [0.15, 0.2) is 0 Å². The van der Waals surface area contributed by atoms with E-state index in [-0.39, 0.29) is 4.29 Å². The highest BCUT2D eigenvalue weighted by molar-refractivity contribution is 14.2. The summed E-state index contributed by atoms with van der Waals surface area (Å²) in [5.41, 5.74) is 0. The predicted molar refractivity (Wildman–Crippen MR) is 48.0 cm³/mol. The normalized spacial score (nSPS) is 21.6. The lowest BCUT2D eigenvalue weighted by Gasteiger charge is -1.80. The first-order valence-corrected chi connectivity index (χ1v) is 6.42. The quantitative estimate of drug-likeness (QED) is 0.396. The van der Waals surface area contributed by atoms with E-state index in [0.717, 1.165) is 0 Å².